The van der Waals surface area contributed by atoms with Crippen LogP contribution in [-0.4, -0.2) is 55.5 Å². The Bertz CT molecular complexity index is 1750. The highest BCUT2D eigenvalue weighted by Crippen LogP contribution is 2.35. The molecule has 12 heteroatoms. The quantitative estimate of drug-likeness (QED) is 0.205. The molecule has 0 aliphatic rings. The van der Waals surface area contributed by atoms with Crippen LogP contribution in [0.25, 0.3) is 28.2 Å². The molecule has 210 valence electrons. The smallest absolute Gasteiger partial charge is 0.240 e. The van der Waals surface area contributed by atoms with Gasteiger partial charge < -0.3 is 14.8 Å². The average molecular weight is 591 g/mol. The van der Waals surface area contributed by atoms with E-state index in [-0.39, 0.29) is 18.0 Å². The van der Waals surface area contributed by atoms with Crippen molar-refractivity contribution in [2.75, 3.05) is 32.6 Å². The molecule has 0 unspecified atom stereocenters. The number of benzene rings is 3. The minimum absolute atomic E-state index is 0.129. The van der Waals surface area contributed by atoms with Crippen LogP contribution in [0.5, 0.6) is 11.5 Å². The van der Waals surface area contributed by atoms with Crippen molar-refractivity contribution in [1.29, 1.82) is 0 Å². The van der Waals surface area contributed by atoms with E-state index in [4.69, 9.17) is 26.2 Å². The van der Waals surface area contributed by atoms with Crippen molar-refractivity contribution in [1.82, 2.24) is 24.5 Å². The largest absolute Gasteiger partial charge is 0.497 e. The summed E-state index contributed by atoms with van der Waals surface area (Å²) >= 11 is 6.27. The molecular weight excluding hydrogens is 564 g/mol. The van der Waals surface area contributed by atoms with Gasteiger partial charge in [0.15, 0.2) is 0 Å². The van der Waals surface area contributed by atoms with Crippen molar-refractivity contribution < 1.29 is 17.9 Å². The Morgan fingerprint density at radius 2 is 1.71 bits per heavy atom. The molecule has 5 rings (SSSR count). The minimum Gasteiger partial charge on any atom is -0.497 e. The van der Waals surface area contributed by atoms with Crippen molar-refractivity contribution in [3.8, 4) is 39.7 Å². The summed E-state index contributed by atoms with van der Waals surface area (Å²) in [5, 5.41) is 8.44. The summed E-state index contributed by atoms with van der Waals surface area (Å²) in [6.45, 7) is 0.396. The van der Waals surface area contributed by atoms with Gasteiger partial charge in [0.05, 0.1) is 35.5 Å². The first-order valence-electron chi connectivity index (χ1n) is 12.6. The third kappa shape index (κ3) is 6.49. The molecule has 3 aromatic carbocycles. The normalized spacial score (nSPS) is 11.3. The zero-order chi connectivity index (χ0) is 28.8. The number of halogens is 1. The molecule has 0 atom stereocenters. The summed E-state index contributed by atoms with van der Waals surface area (Å²) in [5.41, 5.74) is 3.77. The Kier molecular flexibility index (Phi) is 8.48. The number of ether oxygens (including phenoxy) is 2. The van der Waals surface area contributed by atoms with Crippen LogP contribution in [0.1, 0.15) is 0 Å². The lowest BCUT2D eigenvalue weighted by Gasteiger charge is -2.10. The standard InChI is InChI=1S/C29H27ClN6O4S/c1-39-22-9-11-23(12-10-22)41(37,38)33-17-16-32-29-31-15-14-26(34-29)24-19-36(21-6-4-3-5-7-21)35-28(24)20-8-13-25(30)27(18-20)40-2/h3-15,18-19,33H,16-17H2,1-2H3,(H,31,32,34). The second kappa shape index (κ2) is 12.4. The fourth-order valence-electron chi connectivity index (χ4n) is 4.09. The van der Waals surface area contributed by atoms with Crippen LogP contribution in [0, 0.1) is 0 Å². The van der Waals surface area contributed by atoms with Gasteiger partial charge in [-0.2, -0.15) is 5.10 Å². The first kappa shape index (κ1) is 28.1. The molecule has 2 heterocycles. The third-order valence-electron chi connectivity index (χ3n) is 6.16. The number of para-hydroxylation sites is 1. The van der Waals surface area contributed by atoms with Crippen LogP contribution in [0.3, 0.4) is 0 Å². The monoisotopic (exact) mass is 590 g/mol. The number of aromatic nitrogens is 4. The van der Waals surface area contributed by atoms with Gasteiger partial charge in [0, 0.05) is 36.6 Å². The van der Waals surface area contributed by atoms with Crippen molar-refractivity contribution in [2.45, 2.75) is 4.90 Å². The van der Waals surface area contributed by atoms with Gasteiger partial charge in [-0.3, -0.25) is 0 Å². The first-order chi connectivity index (χ1) is 19.9. The number of anilines is 1. The Morgan fingerprint density at radius 1 is 0.927 bits per heavy atom. The number of rotatable bonds is 11. The second-order valence-corrected chi connectivity index (χ2v) is 11.0. The fraction of sp³-hybridized carbons (Fsp3) is 0.138. The Hall–Kier alpha value is -4.45. The summed E-state index contributed by atoms with van der Waals surface area (Å²) in [7, 11) is -0.590. The molecule has 2 aromatic heterocycles. The van der Waals surface area contributed by atoms with E-state index in [1.165, 1.54) is 19.2 Å². The van der Waals surface area contributed by atoms with Gasteiger partial charge in [0.25, 0.3) is 0 Å². The maximum absolute atomic E-state index is 12.6. The summed E-state index contributed by atoms with van der Waals surface area (Å²) in [4.78, 5) is 9.14. The van der Waals surface area contributed by atoms with E-state index < -0.39 is 10.0 Å². The van der Waals surface area contributed by atoms with Crippen LogP contribution in [0.2, 0.25) is 5.02 Å². The molecule has 2 N–H and O–H groups in total. The number of methoxy groups -OCH3 is 2. The lowest BCUT2D eigenvalue weighted by molar-refractivity contribution is 0.414. The van der Waals surface area contributed by atoms with Gasteiger partial charge in [-0.25, -0.2) is 27.8 Å². The molecule has 0 saturated carbocycles. The lowest BCUT2D eigenvalue weighted by Crippen LogP contribution is -2.29. The predicted molar refractivity (Wildman–Crippen MR) is 158 cm³/mol. The number of nitrogens with zero attached hydrogens (tertiary/aromatic N) is 4. The summed E-state index contributed by atoms with van der Waals surface area (Å²) < 4.78 is 40.1. The number of sulfonamides is 1. The molecule has 0 aliphatic carbocycles. The molecule has 0 amide bonds. The highest BCUT2D eigenvalue weighted by molar-refractivity contribution is 7.89. The van der Waals surface area contributed by atoms with Gasteiger partial charge >= 0.3 is 0 Å². The highest BCUT2D eigenvalue weighted by Gasteiger charge is 2.18. The van der Waals surface area contributed by atoms with Gasteiger partial charge in [-0.15, -0.1) is 0 Å². The van der Waals surface area contributed by atoms with Gasteiger partial charge in [0.2, 0.25) is 16.0 Å². The molecule has 5 aromatic rings. The Morgan fingerprint density at radius 3 is 2.44 bits per heavy atom. The molecular formula is C29H27ClN6O4S. The van der Waals surface area contributed by atoms with Crippen molar-refractivity contribution in [2.24, 2.45) is 0 Å². The molecule has 10 nitrogen and oxygen atoms in total. The van der Waals surface area contributed by atoms with Crippen molar-refractivity contribution in [3.05, 3.63) is 96.3 Å². The molecule has 0 spiro atoms. The van der Waals surface area contributed by atoms with E-state index in [0.29, 0.717) is 33.9 Å². The lowest BCUT2D eigenvalue weighted by atomic mass is 10.1. The first-order valence-corrected chi connectivity index (χ1v) is 14.4. The number of hydrogen-bond acceptors (Lipinski definition) is 8. The van der Waals surface area contributed by atoms with E-state index in [0.717, 1.165) is 16.8 Å². The van der Waals surface area contributed by atoms with Crippen molar-refractivity contribution >= 4 is 27.6 Å². The number of nitrogens with one attached hydrogen (secondary N) is 2. The maximum atomic E-state index is 12.6. The summed E-state index contributed by atoms with van der Waals surface area (Å²) in [6, 6.07) is 23.2. The summed E-state index contributed by atoms with van der Waals surface area (Å²) in [5.74, 6) is 1.46. The minimum atomic E-state index is -3.68. The molecule has 0 saturated heterocycles. The van der Waals surface area contributed by atoms with E-state index in [1.54, 1.807) is 42.3 Å². The van der Waals surface area contributed by atoms with Gasteiger partial charge in [-0.05, 0) is 54.6 Å². The third-order valence-corrected chi connectivity index (χ3v) is 7.95. The average Bonchev–Trinajstić information content (AvgIpc) is 3.46. The molecule has 41 heavy (non-hydrogen) atoms. The van der Waals surface area contributed by atoms with Crippen LogP contribution < -0.4 is 19.5 Å². The predicted octanol–water partition coefficient (Wildman–Crippen LogP) is 5.06. The molecule has 0 radical (unpaired) electrons. The topological polar surface area (TPSA) is 120 Å². The zero-order valence-electron chi connectivity index (χ0n) is 22.3. The van der Waals surface area contributed by atoms with Crippen LogP contribution in [-0.2, 0) is 10.0 Å². The zero-order valence-corrected chi connectivity index (χ0v) is 23.9. The van der Waals surface area contributed by atoms with E-state index in [1.807, 2.05) is 48.7 Å². The maximum Gasteiger partial charge on any atom is 0.240 e. The molecule has 0 bridgehead atoms. The van der Waals surface area contributed by atoms with E-state index in [9.17, 15) is 8.42 Å². The van der Waals surface area contributed by atoms with Crippen LogP contribution in [0.15, 0.2) is 96.2 Å². The Balaban J connectivity index is 1.36. The Labute approximate surface area is 243 Å². The van der Waals surface area contributed by atoms with E-state index in [2.05, 4.69) is 20.0 Å². The van der Waals surface area contributed by atoms with Gasteiger partial charge in [0.1, 0.15) is 17.2 Å². The van der Waals surface area contributed by atoms with Gasteiger partial charge in [-0.1, -0.05) is 35.9 Å². The second-order valence-electron chi connectivity index (χ2n) is 8.79. The van der Waals surface area contributed by atoms with E-state index >= 15 is 0 Å². The summed E-state index contributed by atoms with van der Waals surface area (Å²) in [6.07, 6.45) is 3.54. The number of hydrogen-bond donors (Lipinski definition) is 2. The fourth-order valence-corrected chi connectivity index (χ4v) is 5.31. The SMILES string of the molecule is COc1ccc(S(=O)(=O)NCCNc2nccc(-c3cn(-c4ccccc4)nc3-c3ccc(Cl)c(OC)c3)n2)cc1. The van der Waals surface area contributed by atoms with Crippen LogP contribution >= 0.6 is 11.6 Å². The molecule has 0 aliphatic heterocycles. The van der Waals surface area contributed by atoms with Crippen LogP contribution in [0.4, 0.5) is 5.95 Å². The van der Waals surface area contributed by atoms with Crippen molar-refractivity contribution in [3.63, 3.8) is 0 Å². The molecule has 0 fully saturated rings. The highest BCUT2D eigenvalue weighted by atomic mass is 35.5.